The van der Waals surface area contributed by atoms with Crippen molar-refractivity contribution in [3.05, 3.63) is 46.2 Å². The molecule has 1 aromatic carbocycles. The molecule has 0 bridgehead atoms. The maximum Gasteiger partial charge on any atom is 0.349 e. The summed E-state index contributed by atoms with van der Waals surface area (Å²) >= 11 is 1.24. The number of amides is 3. The van der Waals surface area contributed by atoms with Crippen molar-refractivity contribution >= 4 is 29.2 Å². The normalized spacial score (nSPS) is 10.9. The van der Waals surface area contributed by atoms with Crippen molar-refractivity contribution in [2.45, 2.75) is 33.2 Å². The number of hydrogen-bond donors (Lipinski definition) is 2. The summed E-state index contributed by atoms with van der Waals surface area (Å²) in [5.74, 6) is -1.28. The smallest absolute Gasteiger partial charge is 0.349 e. The van der Waals surface area contributed by atoms with E-state index in [2.05, 4.69) is 10.6 Å². The van der Waals surface area contributed by atoms with Gasteiger partial charge in [-0.15, -0.1) is 11.3 Å². The molecule has 1 aromatic heterocycles. The minimum atomic E-state index is -0.687. The van der Waals surface area contributed by atoms with E-state index in [1.54, 1.807) is 26.2 Å². The van der Waals surface area contributed by atoms with Crippen molar-refractivity contribution in [2.75, 3.05) is 6.61 Å². The Morgan fingerprint density at radius 1 is 1.08 bits per heavy atom. The Hall–Kier alpha value is -2.67. The van der Waals surface area contributed by atoms with Crippen LogP contribution in [0, 0.1) is 6.92 Å². The van der Waals surface area contributed by atoms with Crippen molar-refractivity contribution in [1.29, 1.82) is 0 Å². The zero-order valence-electron chi connectivity index (χ0n) is 15.2. The minimum Gasteiger partial charge on any atom is -0.451 e. The number of carbonyl (C=O) groups is 3. The lowest BCUT2D eigenvalue weighted by molar-refractivity contribution is -0.123. The second-order valence-electron chi connectivity index (χ2n) is 6.86. The van der Waals surface area contributed by atoms with Crippen LogP contribution < -0.4 is 10.6 Å². The first kappa shape index (κ1) is 19.7. The zero-order valence-corrected chi connectivity index (χ0v) is 16.0. The Bertz CT molecular complexity index is 804. The summed E-state index contributed by atoms with van der Waals surface area (Å²) in [4.78, 5) is 36.1. The summed E-state index contributed by atoms with van der Waals surface area (Å²) < 4.78 is 5.04. The Morgan fingerprint density at radius 2 is 1.73 bits per heavy atom. The van der Waals surface area contributed by atoms with E-state index in [4.69, 9.17) is 4.74 Å². The van der Waals surface area contributed by atoms with E-state index in [-0.39, 0.29) is 0 Å². The van der Waals surface area contributed by atoms with E-state index < -0.39 is 30.1 Å². The number of ether oxygens (including phenoxy) is 1. The molecule has 0 fully saturated rings. The lowest BCUT2D eigenvalue weighted by Crippen LogP contribution is -2.49. The van der Waals surface area contributed by atoms with Crippen LogP contribution in [0.1, 0.15) is 36.0 Å². The van der Waals surface area contributed by atoms with Crippen molar-refractivity contribution in [1.82, 2.24) is 10.6 Å². The van der Waals surface area contributed by atoms with E-state index in [0.29, 0.717) is 4.88 Å². The van der Waals surface area contributed by atoms with Crippen LogP contribution >= 0.6 is 11.3 Å². The molecule has 0 aliphatic heterocycles. The fourth-order valence-electron chi connectivity index (χ4n) is 2.16. The molecule has 0 saturated carbocycles. The van der Waals surface area contributed by atoms with Gasteiger partial charge in [-0.25, -0.2) is 9.59 Å². The highest BCUT2D eigenvalue weighted by Crippen LogP contribution is 2.29. The van der Waals surface area contributed by atoms with Crippen LogP contribution in [0.3, 0.4) is 0 Å². The maximum absolute atomic E-state index is 12.3. The number of urea groups is 1. The molecule has 1 heterocycles. The second kappa shape index (κ2) is 8.14. The second-order valence-corrected chi connectivity index (χ2v) is 7.77. The average Bonchev–Trinajstić information content (AvgIpc) is 3.01. The number of esters is 1. The van der Waals surface area contributed by atoms with Crippen LogP contribution in [0.15, 0.2) is 35.7 Å². The third-order valence-corrected chi connectivity index (χ3v) is 4.18. The Balaban J connectivity index is 1.95. The molecule has 2 rings (SSSR count). The van der Waals surface area contributed by atoms with Gasteiger partial charge < -0.3 is 10.1 Å². The van der Waals surface area contributed by atoms with Crippen molar-refractivity contribution in [2.24, 2.45) is 0 Å². The Kier molecular flexibility index (Phi) is 6.15. The molecule has 26 heavy (non-hydrogen) atoms. The van der Waals surface area contributed by atoms with Crippen molar-refractivity contribution in [3.63, 3.8) is 0 Å². The first-order chi connectivity index (χ1) is 12.2. The quantitative estimate of drug-likeness (QED) is 0.802. The molecule has 0 unspecified atom stereocenters. The van der Waals surface area contributed by atoms with Crippen LogP contribution in [0.2, 0.25) is 0 Å². The molecule has 2 aromatic rings. The summed E-state index contributed by atoms with van der Waals surface area (Å²) in [6, 6.07) is 8.99. The molecule has 0 saturated heterocycles. The number of rotatable bonds is 4. The van der Waals surface area contributed by atoms with E-state index in [0.717, 1.165) is 16.7 Å². The van der Waals surface area contributed by atoms with Gasteiger partial charge in [0.05, 0.1) is 0 Å². The topological polar surface area (TPSA) is 84.5 Å². The van der Waals surface area contributed by atoms with Gasteiger partial charge in [0.1, 0.15) is 4.88 Å². The van der Waals surface area contributed by atoms with E-state index in [1.807, 2.05) is 37.3 Å². The molecule has 0 aliphatic carbocycles. The fourth-order valence-corrected chi connectivity index (χ4v) is 2.97. The van der Waals surface area contributed by atoms with E-state index in [9.17, 15) is 14.4 Å². The number of hydrogen-bond acceptors (Lipinski definition) is 5. The molecular formula is C19H22N2O4S. The predicted octanol–water partition coefficient (Wildman–Crippen LogP) is 3.50. The molecule has 0 spiro atoms. The van der Waals surface area contributed by atoms with Crippen LogP contribution in [0.5, 0.6) is 0 Å². The third kappa shape index (κ3) is 5.70. The van der Waals surface area contributed by atoms with E-state index in [1.165, 1.54) is 11.3 Å². The van der Waals surface area contributed by atoms with E-state index >= 15 is 0 Å². The zero-order chi connectivity index (χ0) is 19.3. The lowest BCUT2D eigenvalue weighted by Gasteiger charge is -2.20. The Morgan fingerprint density at radius 3 is 2.35 bits per heavy atom. The molecule has 0 aliphatic rings. The predicted molar refractivity (Wildman–Crippen MR) is 101 cm³/mol. The first-order valence-electron chi connectivity index (χ1n) is 8.09. The van der Waals surface area contributed by atoms with Crippen LogP contribution in [-0.4, -0.2) is 30.1 Å². The lowest BCUT2D eigenvalue weighted by atomic mass is 10.1. The van der Waals surface area contributed by atoms with Crippen LogP contribution in [0.4, 0.5) is 4.79 Å². The van der Waals surface area contributed by atoms with Gasteiger partial charge in [0.25, 0.3) is 5.91 Å². The number of benzene rings is 1. The molecule has 138 valence electrons. The number of thiophene rings is 1. The fraction of sp³-hybridized carbons (Fsp3) is 0.316. The van der Waals surface area contributed by atoms with Gasteiger partial charge in [0.15, 0.2) is 6.61 Å². The summed E-state index contributed by atoms with van der Waals surface area (Å²) in [7, 11) is 0. The molecule has 2 N–H and O–H groups in total. The highest BCUT2D eigenvalue weighted by Gasteiger charge is 2.19. The SMILES string of the molecule is Cc1ccc(-c2ccsc2C(=O)OCC(=O)NC(=O)NC(C)(C)C)cc1. The van der Waals surface area contributed by atoms with Gasteiger partial charge in [0, 0.05) is 11.1 Å². The van der Waals surface area contributed by atoms with Gasteiger partial charge in [0.2, 0.25) is 0 Å². The van der Waals surface area contributed by atoms with Gasteiger partial charge in [-0.2, -0.15) is 0 Å². The standard InChI is InChI=1S/C19H22N2O4S/c1-12-5-7-13(8-6-12)14-9-10-26-16(14)17(23)25-11-15(22)20-18(24)21-19(2,3)4/h5-10H,11H2,1-4H3,(H2,20,21,22,24). The molecule has 6 nitrogen and oxygen atoms in total. The van der Waals surface area contributed by atoms with Crippen molar-refractivity contribution in [3.8, 4) is 11.1 Å². The summed E-state index contributed by atoms with van der Waals surface area (Å²) in [5, 5.41) is 6.51. The van der Waals surface area contributed by atoms with Crippen LogP contribution in [-0.2, 0) is 9.53 Å². The number of carbonyl (C=O) groups excluding carboxylic acids is 3. The van der Waals surface area contributed by atoms with Gasteiger partial charge in [-0.1, -0.05) is 29.8 Å². The molecule has 0 atom stereocenters. The first-order valence-corrected chi connectivity index (χ1v) is 8.97. The molecular weight excluding hydrogens is 352 g/mol. The minimum absolute atomic E-state index is 0.417. The monoisotopic (exact) mass is 374 g/mol. The molecule has 7 heteroatoms. The number of imide groups is 1. The molecule has 0 radical (unpaired) electrons. The summed E-state index contributed by atoms with van der Waals surface area (Å²) in [5.41, 5.74) is 2.31. The summed E-state index contributed by atoms with van der Waals surface area (Å²) in [6.07, 6.45) is 0. The highest BCUT2D eigenvalue weighted by atomic mass is 32.1. The third-order valence-electron chi connectivity index (χ3n) is 3.29. The van der Waals surface area contributed by atoms with Crippen LogP contribution in [0.25, 0.3) is 11.1 Å². The number of aryl methyl sites for hydroxylation is 1. The Labute approximate surface area is 156 Å². The van der Waals surface area contributed by atoms with Crippen molar-refractivity contribution < 1.29 is 19.1 Å². The maximum atomic E-state index is 12.3. The number of nitrogens with one attached hydrogen (secondary N) is 2. The average molecular weight is 374 g/mol. The van der Waals surface area contributed by atoms with Gasteiger partial charge in [-0.3, -0.25) is 10.1 Å². The van der Waals surface area contributed by atoms with Gasteiger partial charge in [-0.05, 0) is 44.7 Å². The van der Waals surface area contributed by atoms with Gasteiger partial charge >= 0.3 is 12.0 Å². The largest absolute Gasteiger partial charge is 0.451 e. The molecule has 3 amide bonds. The highest BCUT2D eigenvalue weighted by molar-refractivity contribution is 7.12. The summed E-state index contributed by atoms with van der Waals surface area (Å²) in [6.45, 7) is 6.84.